The van der Waals surface area contributed by atoms with Crippen molar-refractivity contribution in [2.24, 2.45) is 0 Å². The number of fused-ring (bicyclic) bond motifs is 1. The summed E-state index contributed by atoms with van der Waals surface area (Å²) in [5, 5.41) is 3.16. The molecule has 0 radical (unpaired) electrons. The van der Waals surface area contributed by atoms with Crippen LogP contribution in [0.1, 0.15) is 42.2 Å². The third kappa shape index (κ3) is 3.88. The van der Waals surface area contributed by atoms with Crippen LogP contribution in [0.25, 0.3) is 0 Å². The molecule has 0 aromatic heterocycles. The first-order chi connectivity index (χ1) is 11.1. The van der Waals surface area contributed by atoms with Gasteiger partial charge in [0.15, 0.2) is 0 Å². The first-order valence-corrected chi connectivity index (χ1v) is 8.91. The average Bonchev–Trinajstić information content (AvgIpc) is 2.55. The van der Waals surface area contributed by atoms with Crippen molar-refractivity contribution in [1.29, 1.82) is 0 Å². The Balaban J connectivity index is 1.70. The Bertz CT molecular complexity index is 682. The Morgan fingerprint density at radius 2 is 1.91 bits per heavy atom. The molecule has 0 unspecified atom stereocenters. The second kappa shape index (κ2) is 7.09. The Kier molecular flexibility index (Phi) is 4.91. The highest BCUT2D eigenvalue weighted by Gasteiger charge is 2.22. The quantitative estimate of drug-likeness (QED) is 0.902. The molecule has 1 heterocycles. The van der Waals surface area contributed by atoms with Crippen molar-refractivity contribution in [1.82, 2.24) is 5.32 Å². The topological polar surface area (TPSA) is 38.3 Å². The maximum absolute atomic E-state index is 12.5. The van der Waals surface area contributed by atoms with E-state index in [-0.39, 0.29) is 18.1 Å². The van der Waals surface area contributed by atoms with E-state index in [2.05, 4.69) is 17.4 Å². The summed E-state index contributed by atoms with van der Waals surface area (Å²) in [4.78, 5) is 13.8. The smallest absolute Gasteiger partial charge is 0.251 e. The van der Waals surface area contributed by atoms with Crippen molar-refractivity contribution in [3.8, 4) is 5.75 Å². The van der Waals surface area contributed by atoms with Crippen molar-refractivity contribution in [3.63, 3.8) is 0 Å². The fourth-order valence-corrected chi connectivity index (χ4v) is 3.82. The van der Waals surface area contributed by atoms with Crippen molar-refractivity contribution in [2.45, 2.75) is 37.3 Å². The summed E-state index contributed by atoms with van der Waals surface area (Å²) in [6.45, 7) is 3.97. The van der Waals surface area contributed by atoms with Crippen LogP contribution in [0, 0.1) is 0 Å². The predicted molar refractivity (Wildman–Crippen MR) is 94.2 cm³/mol. The molecule has 0 fully saturated rings. The molecule has 0 spiro atoms. The van der Waals surface area contributed by atoms with Gasteiger partial charge in [-0.15, -0.1) is 11.8 Å². The minimum atomic E-state index is -0.0344. The molecule has 2 aromatic rings. The standard InChI is InChI=1S/C19H21NO2S/c1-13(2)22-15-9-7-14(8-10-15)19(21)20-17-11-12-23-18-6-4-3-5-16(17)18/h3-10,13,17H,11-12H2,1-2H3,(H,20,21)/t17-/m1/s1. The van der Waals surface area contributed by atoms with Gasteiger partial charge in [-0.25, -0.2) is 0 Å². The van der Waals surface area contributed by atoms with Gasteiger partial charge < -0.3 is 10.1 Å². The zero-order valence-corrected chi connectivity index (χ0v) is 14.2. The van der Waals surface area contributed by atoms with Crippen molar-refractivity contribution in [3.05, 3.63) is 59.7 Å². The van der Waals surface area contributed by atoms with E-state index in [0.29, 0.717) is 5.56 Å². The van der Waals surface area contributed by atoms with Gasteiger partial charge in [-0.3, -0.25) is 4.79 Å². The van der Waals surface area contributed by atoms with Gasteiger partial charge in [0.1, 0.15) is 5.75 Å². The Hall–Kier alpha value is -1.94. The summed E-state index contributed by atoms with van der Waals surface area (Å²) in [5.74, 6) is 1.78. The average molecular weight is 327 g/mol. The summed E-state index contributed by atoms with van der Waals surface area (Å²) in [6.07, 6.45) is 1.09. The summed E-state index contributed by atoms with van der Waals surface area (Å²) in [6, 6.07) is 15.7. The van der Waals surface area contributed by atoms with E-state index in [1.54, 1.807) is 0 Å². The fraction of sp³-hybridized carbons (Fsp3) is 0.316. The van der Waals surface area contributed by atoms with Gasteiger partial charge >= 0.3 is 0 Å². The Morgan fingerprint density at radius 3 is 2.65 bits per heavy atom. The van der Waals surface area contributed by atoms with Crippen LogP contribution in [0.3, 0.4) is 0 Å². The lowest BCUT2D eigenvalue weighted by molar-refractivity contribution is 0.0935. The molecular weight excluding hydrogens is 306 g/mol. The van der Waals surface area contributed by atoms with E-state index < -0.39 is 0 Å². The van der Waals surface area contributed by atoms with Crippen molar-refractivity contribution < 1.29 is 9.53 Å². The number of carbonyl (C=O) groups excluding carboxylic acids is 1. The molecule has 0 bridgehead atoms. The third-order valence-corrected chi connectivity index (χ3v) is 4.87. The SMILES string of the molecule is CC(C)Oc1ccc(C(=O)N[C@@H]2CCSc3ccccc32)cc1. The number of carbonyl (C=O) groups is 1. The molecule has 1 aliphatic rings. The lowest BCUT2D eigenvalue weighted by atomic mass is 10.0. The highest BCUT2D eigenvalue weighted by Crippen LogP contribution is 2.35. The van der Waals surface area contributed by atoms with Gasteiger partial charge in [0, 0.05) is 16.2 Å². The summed E-state index contributed by atoms with van der Waals surface area (Å²) in [7, 11) is 0. The van der Waals surface area contributed by atoms with E-state index in [1.807, 2.05) is 62.0 Å². The van der Waals surface area contributed by atoms with E-state index in [1.165, 1.54) is 10.5 Å². The monoisotopic (exact) mass is 327 g/mol. The second-order valence-corrected chi connectivity index (χ2v) is 7.03. The number of amides is 1. The van der Waals surface area contributed by atoms with Crippen molar-refractivity contribution >= 4 is 17.7 Å². The van der Waals surface area contributed by atoms with Crippen LogP contribution in [-0.2, 0) is 0 Å². The third-order valence-electron chi connectivity index (χ3n) is 3.75. The van der Waals surface area contributed by atoms with Gasteiger partial charge in [0.05, 0.1) is 12.1 Å². The zero-order chi connectivity index (χ0) is 16.2. The van der Waals surface area contributed by atoms with Crippen LogP contribution in [0.2, 0.25) is 0 Å². The number of ether oxygens (including phenoxy) is 1. The van der Waals surface area contributed by atoms with Gasteiger partial charge in [-0.2, -0.15) is 0 Å². The van der Waals surface area contributed by atoms with Crippen LogP contribution < -0.4 is 10.1 Å². The molecule has 1 amide bonds. The van der Waals surface area contributed by atoms with Crippen molar-refractivity contribution in [2.75, 3.05) is 5.75 Å². The first kappa shape index (κ1) is 15.9. The minimum absolute atomic E-state index is 0.0344. The molecule has 2 aromatic carbocycles. The van der Waals surface area contributed by atoms with Gasteiger partial charge in [-0.05, 0) is 56.2 Å². The predicted octanol–water partition coefficient (Wildman–Crippen LogP) is 4.44. The van der Waals surface area contributed by atoms with Crippen LogP contribution in [0.4, 0.5) is 0 Å². The Labute approximate surface area is 141 Å². The number of hydrogen-bond acceptors (Lipinski definition) is 3. The fourth-order valence-electron chi connectivity index (χ4n) is 2.69. The molecule has 1 aliphatic heterocycles. The minimum Gasteiger partial charge on any atom is -0.491 e. The Morgan fingerprint density at radius 1 is 1.17 bits per heavy atom. The molecular formula is C19H21NO2S. The summed E-state index contributed by atoms with van der Waals surface area (Å²) in [5.41, 5.74) is 1.88. The van der Waals surface area contributed by atoms with Crippen LogP contribution in [0.5, 0.6) is 5.75 Å². The van der Waals surface area contributed by atoms with Gasteiger partial charge in [-0.1, -0.05) is 18.2 Å². The highest BCUT2D eigenvalue weighted by atomic mass is 32.2. The maximum atomic E-state index is 12.5. The first-order valence-electron chi connectivity index (χ1n) is 7.93. The van der Waals surface area contributed by atoms with E-state index >= 15 is 0 Å². The largest absolute Gasteiger partial charge is 0.491 e. The molecule has 0 saturated carbocycles. The normalized spacial score (nSPS) is 16.7. The molecule has 1 atom stereocenters. The van der Waals surface area contributed by atoms with Crippen LogP contribution in [0.15, 0.2) is 53.4 Å². The zero-order valence-electron chi connectivity index (χ0n) is 13.4. The molecule has 3 nitrogen and oxygen atoms in total. The lowest BCUT2D eigenvalue weighted by Gasteiger charge is -2.25. The van der Waals surface area contributed by atoms with Gasteiger partial charge in [0.25, 0.3) is 5.91 Å². The molecule has 0 aliphatic carbocycles. The molecule has 120 valence electrons. The van der Waals surface area contributed by atoms with E-state index in [4.69, 9.17) is 4.74 Å². The van der Waals surface area contributed by atoms with Crippen LogP contribution in [-0.4, -0.2) is 17.8 Å². The number of rotatable bonds is 4. The van der Waals surface area contributed by atoms with Crippen LogP contribution >= 0.6 is 11.8 Å². The number of thioether (sulfide) groups is 1. The van der Waals surface area contributed by atoms with E-state index in [9.17, 15) is 4.79 Å². The molecule has 1 N–H and O–H groups in total. The number of nitrogens with one attached hydrogen (secondary N) is 1. The number of benzene rings is 2. The maximum Gasteiger partial charge on any atom is 0.251 e. The molecule has 4 heteroatoms. The molecule has 3 rings (SSSR count). The molecule has 23 heavy (non-hydrogen) atoms. The second-order valence-electron chi connectivity index (χ2n) is 5.89. The highest BCUT2D eigenvalue weighted by molar-refractivity contribution is 7.99. The summed E-state index contributed by atoms with van der Waals surface area (Å²) >= 11 is 1.86. The molecule has 0 saturated heterocycles. The van der Waals surface area contributed by atoms with E-state index in [0.717, 1.165) is 17.9 Å². The summed E-state index contributed by atoms with van der Waals surface area (Å²) < 4.78 is 5.61. The lowest BCUT2D eigenvalue weighted by Crippen LogP contribution is -2.30. The van der Waals surface area contributed by atoms with Gasteiger partial charge in [0.2, 0.25) is 0 Å². The number of hydrogen-bond donors (Lipinski definition) is 1.